The Morgan fingerprint density at radius 2 is 1.18 bits per heavy atom. The highest BCUT2D eigenvalue weighted by Crippen LogP contribution is 2.46. The molecule has 3 aliphatic rings. The molecule has 9 atom stereocenters. The highest BCUT2D eigenvalue weighted by molar-refractivity contribution is 6.15. The Labute approximate surface area is 693 Å². The van der Waals surface area contributed by atoms with Gasteiger partial charge in [0.1, 0.15) is 73.2 Å². The number of carbonyl (C=O) groups is 8. The third-order valence-electron chi connectivity index (χ3n) is 18.5. The van der Waals surface area contributed by atoms with Gasteiger partial charge in [-0.1, -0.05) is 18.2 Å². The number of aryl methyl sites for hydroxylation is 1. The van der Waals surface area contributed by atoms with Crippen LogP contribution in [0.3, 0.4) is 0 Å². The molecule has 0 aliphatic carbocycles. The number of hydrogen-bond donors (Lipinski definition) is 10. The van der Waals surface area contributed by atoms with Crippen molar-refractivity contribution in [1.29, 1.82) is 0 Å². The van der Waals surface area contributed by atoms with Gasteiger partial charge in [0.2, 0.25) is 29.9 Å². The average molecular weight is 1720 g/mol. The Morgan fingerprint density at radius 3 is 1.71 bits per heavy atom. The summed E-state index contributed by atoms with van der Waals surface area (Å²) in [5.74, 6) is -8.70. The zero-order valence-corrected chi connectivity index (χ0v) is 67.4. The summed E-state index contributed by atoms with van der Waals surface area (Å²) in [6.45, 7) is 5.19. The molecule has 1 fully saturated rings. The van der Waals surface area contributed by atoms with E-state index in [9.17, 15) is 68.0 Å². The summed E-state index contributed by atoms with van der Waals surface area (Å²) in [6.07, 6.45) is -8.75. The highest BCUT2D eigenvalue weighted by atomic mass is 19.1. The number of carbonyl (C=O) groups excluding carboxylic acids is 7. The lowest BCUT2D eigenvalue weighted by Crippen LogP contribution is -2.61. The molecule has 121 heavy (non-hydrogen) atoms. The van der Waals surface area contributed by atoms with E-state index in [1.807, 2.05) is 0 Å². The number of ether oxygens (including phenoxy) is 16. The lowest BCUT2D eigenvalue weighted by atomic mass is 9.83. The van der Waals surface area contributed by atoms with Crippen LogP contribution in [-0.4, -0.2) is 344 Å². The summed E-state index contributed by atoms with van der Waals surface area (Å²) in [5, 5.41) is 64.3. The largest absolute Gasteiger partial charge is 0.479 e. The van der Waals surface area contributed by atoms with Crippen LogP contribution in [0.25, 0.3) is 10.8 Å². The molecule has 5 heterocycles. The number of aliphatic hydroxyl groups is 3. The van der Waals surface area contributed by atoms with Crippen LogP contribution in [0.1, 0.15) is 53.0 Å². The number of aromatic nitrogens is 5. The number of nitrogens with zero attached hydrogens (tertiary/aromatic N) is 7. The van der Waals surface area contributed by atoms with Crippen LogP contribution in [0.4, 0.5) is 19.3 Å². The van der Waals surface area contributed by atoms with E-state index in [4.69, 9.17) is 86.6 Å². The second-order valence-electron chi connectivity index (χ2n) is 27.0. The molecule has 3 aliphatic heterocycles. The molecule has 0 unspecified atom stereocenters. The van der Waals surface area contributed by atoms with E-state index in [0.29, 0.717) is 135 Å². The molecule has 668 valence electrons. The van der Waals surface area contributed by atoms with E-state index < -0.39 is 165 Å². The van der Waals surface area contributed by atoms with Crippen molar-refractivity contribution in [1.82, 2.24) is 55.6 Å². The summed E-state index contributed by atoms with van der Waals surface area (Å²) in [7, 11) is 4.62. The molecule has 8 rings (SSSR count). The van der Waals surface area contributed by atoms with Crippen molar-refractivity contribution in [2.75, 3.05) is 204 Å². The molecule has 1 saturated heterocycles. The highest BCUT2D eigenvalue weighted by Gasteiger charge is 2.49. The molecular formula is C77H107F2N13O29. The number of amides is 7. The SMILES string of the molecule is COCCOCCOCCOCCOCCOCCOCCOCCOCCOCCOCCOCCC(=O)NC[C@H](NC(=O)[C@H](CN)N1C(=O)C=CC1=O)C(=O)NCCC(=O)NCc1cc(COC(=O)N(CCOC)Cn2nc3c4c(cc(F)cc4c2=O)N[C@H](c2ccc(F)cc2)[C@H]3c2ncnn2C)ccc1O[C@@H]1O[C@H](C(=O)O)[C@@H](O)[C@H](O)[C@H]1O. The molecule has 0 saturated carbocycles. The molecular weight excluding hydrogens is 1610 g/mol. The predicted molar refractivity (Wildman–Crippen MR) is 415 cm³/mol. The zero-order valence-electron chi connectivity index (χ0n) is 67.4. The van der Waals surface area contributed by atoms with Crippen LogP contribution in [0, 0.1) is 11.6 Å². The van der Waals surface area contributed by atoms with E-state index in [1.54, 1.807) is 14.2 Å². The first-order valence-corrected chi connectivity index (χ1v) is 39.0. The van der Waals surface area contributed by atoms with Crippen LogP contribution in [0.5, 0.6) is 5.75 Å². The minimum atomic E-state index is -2.09. The van der Waals surface area contributed by atoms with Gasteiger partial charge in [-0.15, -0.1) is 0 Å². The minimum Gasteiger partial charge on any atom is -0.479 e. The van der Waals surface area contributed by atoms with Gasteiger partial charge in [0.25, 0.3) is 17.4 Å². The molecule has 0 bridgehead atoms. The summed E-state index contributed by atoms with van der Waals surface area (Å²) in [4.78, 5) is 126. The van der Waals surface area contributed by atoms with Gasteiger partial charge in [0.15, 0.2) is 6.10 Å². The summed E-state index contributed by atoms with van der Waals surface area (Å²) in [5.41, 5.74) is 6.29. The standard InChI is InChI=1S/C77H107F2N13O29/c1-89-71(84-47-85-89)64-65(50-5-7-52(78)8-6-50)86-55-42-53(79)41-54-63(55)66(64)88-91(74(54)102)48-90(15-17-106-2)77(105)119-46-49-4-9-58(120-76-69(99)67(97)68(98)70(121-76)75(103)104)51(40-49)44-82-59(93)12-14-81-72(100)56(87-73(101)57(43-80)92-61(95)10-11-62(92)96)45-83-60(94)13-16-108-20-21-110-24-25-112-28-29-114-32-33-116-36-37-118-39-38-117-35-34-115-31-30-113-27-26-111-23-22-109-19-18-107-3/h4-11,40-42,47,56-57,64-65,67-70,76,86,97-99H,12-39,43-46,48,80H2,1-3H3,(H,81,100)(H,82,93)(H,83,94)(H,87,101)(H,103,104)/t56-,57-,64+,65+,67-,68-,69+,70-,76+/m0/s1. The predicted octanol–water partition coefficient (Wildman–Crippen LogP) is -2.19. The summed E-state index contributed by atoms with van der Waals surface area (Å²) >= 11 is 0. The fourth-order valence-electron chi connectivity index (χ4n) is 12.3. The normalized spacial score (nSPS) is 18.0. The van der Waals surface area contributed by atoms with E-state index >= 15 is 4.39 Å². The molecule has 0 radical (unpaired) electrons. The van der Waals surface area contributed by atoms with Gasteiger partial charge >= 0.3 is 12.1 Å². The maximum atomic E-state index is 15.6. The van der Waals surface area contributed by atoms with Crippen molar-refractivity contribution in [2.45, 2.75) is 87.4 Å². The quantitative estimate of drug-likeness (QED) is 0.0146. The van der Waals surface area contributed by atoms with Crippen molar-refractivity contribution >= 4 is 64.0 Å². The Bertz CT molecular complexity index is 4170. The number of rotatable bonds is 60. The van der Waals surface area contributed by atoms with Crippen LogP contribution in [0.2, 0.25) is 0 Å². The van der Waals surface area contributed by atoms with Gasteiger partial charge in [-0.05, 0) is 47.5 Å². The minimum absolute atomic E-state index is 0.0469. The van der Waals surface area contributed by atoms with Crippen LogP contribution < -0.4 is 42.6 Å². The summed E-state index contributed by atoms with van der Waals surface area (Å²) in [6, 6.07) is 7.91. The van der Waals surface area contributed by atoms with E-state index in [1.165, 1.54) is 66.6 Å². The summed E-state index contributed by atoms with van der Waals surface area (Å²) < 4.78 is 120. The smallest absolute Gasteiger partial charge is 0.411 e. The first-order chi connectivity index (χ1) is 58.6. The lowest BCUT2D eigenvalue weighted by molar-refractivity contribution is -0.271. The van der Waals surface area contributed by atoms with Crippen LogP contribution >= 0.6 is 0 Å². The Hall–Kier alpha value is -9.82. The monoisotopic (exact) mass is 1720 g/mol. The number of benzene rings is 3. The fraction of sp³-hybridized carbons (Fsp3) is 0.584. The Morgan fingerprint density at radius 1 is 0.636 bits per heavy atom. The van der Waals surface area contributed by atoms with Gasteiger partial charge < -0.3 is 129 Å². The van der Waals surface area contributed by atoms with Crippen molar-refractivity contribution < 1.29 is 143 Å². The number of aliphatic carboxylic acids is 1. The van der Waals surface area contributed by atoms with Crippen LogP contribution in [0.15, 0.2) is 77.9 Å². The lowest BCUT2D eigenvalue weighted by Gasteiger charge is -2.38. The van der Waals surface area contributed by atoms with Crippen molar-refractivity contribution in [2.24, 2.45) is 12.8 Å². The number of imide groups is 1. The van der Waals surface area contributed by atoms with Gasteiger partial charge in [0.05, 0.1) is 182 Å². The van der Waals surface area contributed by atoms with E-state index in [2.05, 4.69) is 36.7 Å². The third kappa shape index (κ3) is 30.9. The first-order valence-electron chi connectivity index (χ1n) is 39.0. The number of nitrogens with one attached hydrogen (secondary N) is 5. The van der Waals surface area contributed by atoms with Crippen molar-refractivity contribution in [3.8, 4) is 5.75 Å². The van der Waals surface area contributed by atoms with Crippen molar-refractivity contribution in [3.63, 3.8) is 0 Å². The van der Waals surface area contributed by atoms with E-state index in [-0.39, 0.29) is 91.6 Å². The molecule has 42 nitrogen and oxygen atoms in total. The maximum Gasteiger partial charge on any atom is 0.411 e. The molecule has 11 N–H and O–H groups in total. The number of anilines is 1. The van der Waals surface area contributed by atoms with Gasteiger partial charge in [-0.25, -0.2) is 28.0 Å². The maximum absolute atomic E-state index is 15.6. The van der Waals surface area contributed by atoms with Gasteiger partial charge in [0, 0.05) is 95.6 Å². The second-order valence-corrected chi connectivity index (χ2v) is 27.0. The topological polar surface area (TPSA) is 523 Å². The molecule has 44 heteroatoms. The Kier molecular flexibility index (Phi) is 41.9. The first kappa shape index (κ1) is 96.6. The van der Waals surface area contributed by atoms with Gasteiger partial charge in [-0.3, -0.25) is 48.0 Å². The molecule has 0 spiro atoms. The molecule has 5 aromatic rings. The second kappa shape index (κ2) is 52.5. The fourth-order valence-corrected chi connectivity index (χ4v) is 12.3. The number of carboxylic acid groups (broad SMARTS) is 1. The molecule has 7 amide bonds. The molecule has 2 aromatic heterocycles. The van der Waals surface area contributed by atoms with Gasteiger partial charge in [-0.2, -0.15) is 10.2 Å². The number of halogens is 2. The number of hydrogen-bond acceptors (Lipinski definition) is 33. The van der Waals surface area contributed by atoms with E-state index in [0.717, 1.165) is 27.8 Å². The number of carboxylic acids is 1. The average Bonchev–Trinajstić information content (AvgIpc) is 1.51. The number of nitrogens with two attached hydrogens (primary N) is 1. The zero-order chi connectivity index (χ0) is 86.8. The Balaban J connectivity index is 0.775. The van der Waals surface area contributed by atoms with Crippen LogP contribution in [-0.2, 0) is 131 Å². The molecule has 3 aromatic carbocycles. The third-order valence-corrected chi connectivity index (χ3v) is 18.5. The van der Waals surface area contributed by atoms with Crippen molar-refractivity contribution in [3.05, 3.63) is 123 Å². The number of aliphatic hydroxyl groups excluding tert-OH is 3. The number of methoxy groups -OCH3 is 2.